The molecule has 3 rings (SSSR count). The van der Waals surface area contributed by atoms with Crippen LogP contribution in [0.4, 0.5) is 8.78 Å². The smallest absolute Gasteiger partial charge is 0.267 e. The molecular weight excluding hydrogens is 463 g/mol. The summed E-state index contributed by atoms with van der Waals surface area (Å²) in [4.78, 5) is 14.1. The van der Waals surface area contributed by atoms with Crippen LogP contribution in [0.5, 0.6) is 0 Å². The third-order valence-electron chi connectivity index (χ3n) is 4.74. The lowest BCUT2D eigenvalue weighted by Gasteiger charge is -2.27. The maximum atomic E-state index is 13.8. The highest BCUT2D eigenvalue weighted by atomic mass is 127. The van der Waals surface area contributed by atoms with Gasteiger partial charge in [-0.25, -0.2) is 8.78 Å². The number of carbonyl (C=O) groups is 1. The van der Waals surface area contributed by atoms with Gasteiger partial charge in [-0.15, -0.1) is 0 Å². The van der Waals surface area contributed by atoms with Crippen LogP contribution in [0.25, 0.3) is 10.8 Å². The van der Waals surface area contributed by atoms with E-state index in [1.165, 1.54) is 11.8 Å². The largest absolute Gasteiger partial charge is 0.359 e. The Kier molecular flexibility index (Phi) is 5.50. The number of nitrogens with zero attached hydrogens (tertiary/aromatic N) is 1. The lowest BCUT2D eigenvalue weighted by molar-refractivity contribution is 0.0148. The summed E-state index contributed by atoms with van der Waals surface area (Å²) in [6.07, 6.45) is -0.392. The second-order valence-corrected chi connectivity index (χ2v) is 7.94. The molecular formula is C20H20F2IN3O. The van der Waals surface area contributed by atoms with Gasteiger partial charge in [-0.1, -0.05) is 30.8 Å². The van der Waals surface area contributed by atoms with Gasteiger partial charge < -0.3 is 15.6 Å². The van der Waals surface area contributed by atoms with Crippen molar-refractivity contribution >= 4 is 45.0 Å². The molecule has 1 fully saturated rings. The molecule has 0 bridgehead atoms. The van der Waals surface area contributed by atoms with Crippen LogP contribution < -0.4 is 5.32 Å². The maximum Gasteiger partial charge on any atom is 0.267 e. The fraction of sp³-hybridized carbons (Fsp3) is 0.300. The maximum absolute atomic E-state index is 13.8. The van der Waals surface area contributed by atoms with Crippen molar-refractivity contribution in [3.05, 3.63) is 57.8 Å². The highest BCUT2D eigenvalue weighted by Crippen LogP contribution is 2.34. The van der Waals surface area contributed by atoms with Crippen molar-refractivity contribution < 1.29 is 13.6 Å². The van der Waals surface area contributed by atoms with Crippen LogP contribution in [0.2, 0.25) is 0 Å². The zero-order chi connectivity index (χ0) is 19.8. The summed E-state index contributed by atoms with van der Waals surface area (Å²) in [6, 6.07) is 10.6. The van der Waals surface area contributed by atoms with Gasteiger partial charge in [-0.05, 0) is 52.4 Å². The second-order valence-electron chi connectivity index (χ2n) is 6.78. The molecule has 1 aliphatic heterocycles. The first-order valence-electron chi connectivity index (χ1n) is 8.52. The van der Waals surface area contributed by atoms with Crippen molar-refractivity contribution in [3.63, 3.8) is 0 Å². The Morgan fingerprint density at radius 3 is 2.70 bits per heavy atom. The fourth-order valence-electron chi connectivity index (χ4n) is 3.38. The summed E-state index contributed by atoms with van der Waals surface area (Å²) in [5.41, 5.74) is 1.08. The number of hydrogen-bond donors (Lipinski definition) is 2. The van der Waals surface area contributed by atoms with E-state index in [0.717, 1.165) is 14.3 Å². The Bertz CT molecular complexity index is 929. The van der Waals surface area contributed by atoms with Gasteiger partial charge in [0.25, 0.3) is 11.8 Å². The van der Waals surface area contributed by atoms with E-state index < -0.39 is 24.9 Å². The van der Waals surface area contributed by atoms with Gasteiger partial charge in [0.2, 0.25) is 0 Å². The number of nitrogens with one attached hydrogen (secondary N) is 2. The predicted molar refractivity (Wildman–Crippen MR) is 112 cm³/mol. The molecule has 4 nitrogen and oxygen atoms in total. The average Bonchev–Trinajstić information content (AvgIpc) is 2.95. The summed E-state index contributed by atoms with van der Waals surface area (Å²) in [5.74, 6) is -3.13. The molecule has 0 aromatic heterocycles. The Hall–Kier alpha value is -2.03. The molecule has 1 heterocycles. The molecule has 27 heavy (non-hydrogen) atoms. The minimum Gasteiger partial charge on any atom is -0.359 e. The number of amides is 1. The zero-order valence-corrected chi connectivity index (χ0v) is 17.0. The number of carbonyl (C=O) groups excluding carboxylic acids is 1. The van der Waals surface area contributed by atoms with Crippen molar-refractivity contribution in [2.45, 2.75) is 25.3 Å². The average molecular weight is 483 g/mol. The zero-order valence-electron chi connectivity index (χ0n) is 14.9. The monoisotopic (exact) mass is 483 g/mol. The number of rotatable bonds is 5. The number of halogens is 3. The van der Waals surface area contributed by atoms with Gasteiger partial charge in [-0.2, -0.15) is 0 Å². The van der Waals surface area contributed by atoms with E-state index in [4.69, 9.17) is 5.41 Å². The van der Waals surface area contributed by atoms with Gasteiger partial charge in [0.05, 0.1) is 19.1 Å². The topological polar surface area (TPSA) is 56.2 Å². The number of fused-ring (bicyclic) bond motifs is 1. The van der Waals surface area contributed by atoms with Crippen molar-refractivity contribution in [2.24, 2.45) is 0 Å². The molecule has 1 amide bonds. The molecule has 142 valence electrons. The van der Waals surface area contributed by atoms with Crippen LogP contribution in [-0.4, -0.2) is 41.6 Å². The van der Waals surface area contributed by atoms with E-state index in [-0.39, 0.29) is 18.2 Å². The van der Waals surface area contributed by atoms with Crippen LogP contribution in [0.15, 0.2) is 48.7 Å². The summed E-state index contributed by atoms with van der Waals surface area (Å²) in [5, 5.41) is 12.4. The summed E-state index contributed by atoms with van der Waals surface area (Å²) >= 11 is 2.22. The molecule has 2 N–H and O–H groups in total. The molecule has 2 aromatic rings. The molecule has 2 aromatic carbocycles. The predicted octanol–water partition coefficient (Wildman–Crippen LogP) is 4.44. The van der Waals surface area contributed by atoms with E-state index in [1.807, 2.05) is 30.3 Å². The first kappa shape index (κ1) is 19.7. The summed E-state index contributed by atoms with van der Waals surface area (Å²) in [7, 11) is 0. The molecule has 0 spiro atoms. The van der Waals surface area contributed by atoms with Gasteiger partial charge >= 0.3 is 0 Å². The fourth-order valence-corrected chi connectivity index (χ4v) is 4.06. The summed E-state index contributed by atoms with van der Waals surface area (Å²) in [6.45, 7) is 4.95. The minimum atomic E-state index is -2.85. The van der Waals surface area contributed by atoms with Crippen molar-refractivity contribution in [2.75, 3.05) is 13.1 Å². The van der Waals surface area contributed by atoms with Gasteiger partial charge in [0, 0.05) is 27.0 Å². The third-order valence-corrected chi connectivity index (χ3v) is 5.68. The number of likely N-dealkylation sites (tertiary alicyclic amines) is 1. The lowest BCUT2D eigenvalue weighted by atomic mass is 10.0. The molecule has 0 radical (unpaired) electrons. The molecule has 0 aliphatic carbocycles. The van der Waals surface area contributed by atoms with Gasteiger partial charge in [0.15, 0.2) is 0 Å². The number of benzene rings is 2. The highest BCUT2D eigenvalue weighted by molar-refractivity contribution is 14.1. The molecule has 1 saturated heterocycles. The Morgan fingerprint density at radius 1 is 1.33 bits per heavy atom. The van der Waals surface area contributed by atoms with Crippen molar-refractivity contribution in [1.82, 2.24) is 10.2 Å². The first-order chi connectivity index (χ1) is 12.7. The van der Waals surface area contributed by atoms with Crippen LogP contribution in [0.1, 0.15) is 23.7 Å². The molecule has 1 aliphatic rings. The van der Waals surface area contributed by atoms with Crippen LogP contribution >= 0.6 is 22.6 Å². The Balaban J connectivity index is 1.74. The van der Waals surface area contributed by atoms with E-state index >= 15 is 0 Å². The molecule has 1 atom stereocenters. The van der Waals surface area contributed by atoms with E-state index in [1.54, 1.807) is 6.07 Å². The van der Waals surface area contributed by atoms with Crippen LogP contribution in [0, 0.1) is 8.98 Å². The number of hydrogen-bond acceptors (Lipinski definition) is 3. The SMILES string of the molecule is C=C(CNC(=O)c1cccc2c(I)cccc12)N1CC(F)(F)C[C@H]1C(C)=N. The minimum absolute atomic E-state index is 0.0546. The Morgan fingerprint density at radius 2 is 2.00 bits per heavy atom. The van der Waals surface area contributed by atoms with Crippen molar-refractivity contribution in [1.29, 1.82) is 5.41 Å². The van der Waals surface area contributed by atoms with Gasteiger partial charge in [0.1, 0.15) is 0 Å². The lowest BCUT2D eigenvalue weighted by Crippen LogP contribution is -2.38. The van der Waals surface area contributed by atoms with Crippen molar-refractivity contribution in [3.8, 4) is 0 Å². The van der Waals surface area contributed by atoms with E-state index in [9.17, 15) is 13.6 Å². The molecule has 0 unspecified atom stereocenters. The molecule has 0 saturated carbocycles. The third kappa shape index (κ3) is 4.12. The van der Waals surface area contributed by atoms with Gasteiger partial charge in [-0.3, -0.25) is 4.79 Å². The number of alkyl halides is 2. The first-order valence-corrected chi connectivity index (χ1v) is 9.60. The van der Waals surface area contributed by atoms with E-state index in [0.29, 0.717) is 11.3 Å². The Labute approximate surface area is 170 Å². The summed E-state index contributed by atoms with van der Waals surface area (Å²) < 4.78 is 28.6. The standard InChI is InChI=1S/C20H20F2IN3O/c1-12(26-11-20(21,22)9-18(26)13(2)24)10-25-19(27)16-7-3-6-15-14(16)5-4-8-17(15)23/h3-8,18,24H,1,9-11H2,2H3,(H,25,27)/t18-/m0/s1. The molecule has 7 heteroatoms. The highest BCUT2D eigenvalue weighted by Gasteiger charge is 2.46. The van der Waals surface area contributed by atoms with Crippen LogP contribution in [0.3, 0.4) is 0 Å². The quantitative estimate of drug-likeness (QED) is 0.489. The van der Waals surface area contributed by atoms with Crippen LogP contribution in [-0.2, 0) is 0 Å². The van der Waals surface area contributed by atoms with E-state index in [2.05, 4.69) is 34.5 Å². The normalized spacial score (nSPS) is 18.5. The second kappa shape index (κ2) is 7.53.